The predicted octanol–water partition coefficient (Wildman–Crippen LogP) is 3.42. The van der Waals surface area contributed by atoms with Crippen LogP contribution in [0.25, 0.3) is 0 Å². The highest BCUT2D eigenvalue weighted by Gasteiger charge is 2.17. The van der Waals surface area contributed by atoms with Gasteiger partial charge in [0.05, 0.1) is 11.3 Å². The molecule has 2 amide bonds. The molecule has 0 saturated heterocycles. The molecule has 126 valence electrons. The van der Waals surface area contributed by atoms with Gasteiger partial charge < -0.3 is 10.2 Å². The van der Waals surface area contributed by atoms with Crippen molar-refractivity contribution >= 4 is 17.5 Å². The van der Waals surface area contributed by atoms with E-state index in [1.165, 1.54) is 5.56 Å². The highest BCUT2D eigenvalue weighted by Crippen LogP contribution is 2.20. The molecule has 0 aromatic heterocycles. The molecule has 0 unspecified atom stereocenters. The van der Waals surface area contributed by atoms with Crippen LogP contribution in [0.3, 0.4) is 0 Å². The Bertz CT molecular complexity index is 683. The summed E-state index contributed by atoms with van der Waals surface area (Å²) in [6.45, 7) is 2.53. The summed E-state index contributed by atoms with van der Waals surface area (Å²) < 4.78 is 0. The maximum atomic E-state index is 12.5. The quantitative estimate of drug-likeness (QED) is 0.848. The fraction of sp³-hybridized carbons (Fsp3) is 0.300. The van der Waals surface area contributed by atoms with Crippen molar-refractivity contribution in [1.82, 2.24) is 5.32 Å². The molecule has 0 atom stereocenters. The third-order valence-electron chi connectivity index (χ3n) is 3.89. The molecule has 2 aromatic carbocycles. The van der Waals surface area contributed by atoms with Crippen molar-refractivity contribution in [2.45, 2.75) is 26.2 Å². The molecule has 24 heavy (non-hydrogen) atoms. The second-order valence-corrected chi connectivity index (χ2v) is 5.71. The van der Waals surface area contributed by atoms with Crippen molar-refractivity contribution in [3.05, 3.63) is 65.7 Å². The van der Waals surface area contributed by atoms with Crippen molar-refractivity contribution in [2.24, 2.45) is 0 Å². The first kappa shape index (κ1) is 17.7. The number of carbonyl (C=O) groups is 2. The van der Waals surface area contributed by atoms with E-state index in [2.05, 4.69) is 5.32 Å². The van der Waals surface area contributed by atoms with E-state index in [0.717, 1.165) is 12.8 Å². The summed E-state index contributed by atoms with van der Waals surface area (Å²) in [4.78, 5) is 26.2. The molecular weight excluding hydrogens is 300 g/mol. The van der Waals surface area contributed by atoms with Crippen LogP contribution in [0.4, 0.5) is 5.69 Å². The largest absolute Gasteiger partial charge is 0.352 e. The Morgan fingerprint density at radius 2 is 1.67 bits per heavy atom. The van der Waals surface area contributed by atoms with Gasteiger partial charge in [0.1, 0.15) is 0 Å². The van der Waals surface area contributed by atoms with Crippen molar-refractivity contribution in [1.29, 1.82) is 0 Å². The smallest absolute Gasteiger partial charge is 0.253 e. The summed E-state index contributed by atoms with van der Waals surface area (Å²) in [7, 11) is 1.72. The molecule has 0 saturated carbocycles. The number of amides is 2. The van der Waals surface area contributed by atoms with Gasteiger partial charge in [0.2, 0.25) is 5.91 Å². The van der Waals surface area contributed by atoms with Crippen molar-refractivity contribution in [3.8, 4) is 0 Å². The number of nitrogens with one attached hydrogen (secondary N) is 1. The number of hydrogen-bond acceptors (Lipinski definition) is 2. The first-order valence-corrected chi connectivity index (χ1v) is 8.31. The highest BCUT2D eigenvalue weighted by molar-refractivity contribution is 6.04. The number of para-hydroxylation sites is 1. The molecule has 2 aromatic rings. The molecule has 0 heterocycles. The number of carbonyl (C=O) groups excluding carboxylic acids is 2. The van der Waals surface area contributed by atoms with E-state index in [4.69, 9.17) is 0 Å². The number of nitrogens with zero attached hydrogens (tertiary/aromatic N) is 1. The van der Waals surface area contributed by atoms with Crippen LogP contribution < -0.4 is 10.2 Å². The Morgan fingerprint density at radius 1 is 1.00 bits per heavy atom. The summed E-state index contributed by atoms with van der Waals surface area (Å²) in [6.07, 6.45) is 2.04. The number of rotatable bonds is 7. The summed E-state index contributed by atoms with van der Waals surface area (Å²) in [6, 6.07) is 17.2. The third kappa shape index (κ3) is 4.69. The molecule has 2 rings (SSSR count). The molecule has 0 aliphatic carbocycles. The average molecular weight is 324 g/mol. The van der Waals surface area contributed by atoms with E-state index in [1.54, 1.807) is 24.1 Å². The molecule has 4 nitrogen and oxygen atoms in total. The van der Waals surface area contributed by atoms with E-state index in [9.17, 15) is 9.59 Å². The van der Waals surface area contributed by atoms with Gasteiger partial charge in [0.25, 0.3) is 5.91 Å². The SMILES string of the molecule is CCCC(=O)N(C)c1ccccc1C(=O)NCCc1ccccc1. The molecule has 4 heteroatoms. The van der Waals surface area contributed by atoms with E-state index in [1.807, 2.05) is 49.4 Å². The lowest BCUT2D eigenvalue weighted by Gasteiger charge is -2.20. The van der Waals surface area contributed by atoms with Gasteiger partial charge in [-0.1, -0.05) is 49.4 Å². The predicted molar refractivity (Wildman–Crippen MR) is 97.2 cm³/mol. The van der Waals surface area contributed by atoms with Crippen LogP contribution >= 0.6 is 0 Å². The van der Waals surface area contributed by atoms with Gasteiger partial charge in [0.15, 0.2) is 0 Å². The van der Waals surface area contributed by atoms with Crippen LogP contribution in [-0.2, 0) is 11.2 Å². The molecular formula is C20H24N2O2. The zero-order valence-corrected chi connectivity index (χ0v) is 14.3. The molecule has 1 N–H and O–H groups in total. The van der Waals surface area contributed by atoms with Crippen molar-refractivity contribution < 1.29 is 9.59 Å². The van der Waals surface area contributed by atoms with E-state index >= 15 is 0 Å². The lowest BCUT2D eigenvalue weighted by Crippen LogP contribution is -2.31. The monoisotopic (exact) mass is 324 g/mol. The highest BCUT2D eigenvalue weighted by atomic mass is 16.2. The summed E-state index contributed by atoms with van der Waals surface area (Å²) in [5.74, 6) is -0.139. The fourth-order valence-electron chi connectivity index (χ4n) is 2.53. The maximum absolute atomic E-state index is 12.5. The molecule has 0 radical (unpaired) electrons. The zero-order chi connectivity index (χ0) is 17.4. The van der Waals surface area contributed by atoms with Gasteiger partial charge in [-0.25, -0.2) is 0 Å². The topological polar surface area (TPSA) is 49.4 Å². The van der Waals surface area contributed by atoms with Crippen LogP contribution in [0, 0.1) is 0 Å². The second-order valence-electron chi connectivity index (χ2n) is 5.71. The van der Waals surface area contributed by atoms with Crippen LogP contribution in [0.1, 0.15) is 35.7 Å². The number of hydrogen-bond donors (Lipinski definition) is 1. The first-order chi connectivity index (χ1) is 11.6. The van der Waals surface area contributed by atoms with Crippen LogP contribution in [0.5, 0.6) is 0 Å². The molecule has 0 fully saturated rings. The normalized spacial score (nSPS) is 10.2. The Kier molecular flexibility index (Phi) is 6.55. The van der Waals surface area contributed by atoms with Crippen LogP contribution in [0.2, 0.25) is 0 Å². The summed E-state index contributed by atoms with van der Waals surface area (Å²) in [5.41, 5.74) is 2.35. The van der Waals surface area contributed by atoms with Crippen LogP contribution in [-0.4, -0.2) is 25.4 Å². The Labute approximate surface area is 143 Å². The van der Waals surface area contributed by atoms with E-state index in [0.29, 0.717) is 24.2 Å². The molecule has 0 bridgehead atoms. The summed E-state index contributed by atoms with van der Waals surface area (Å²) >= 11 is 0. The zero-order valence-electron chi connectivity index (χ0n) is 14.3. The van der Waals surface area contributed by atoms with Gasteiger partial charge >= 0.3 is 0 Å². The minimum atomic E-state index is -0.155. The Morgan fingerprint density at radius 3 is 2.38 bits per heavy atom. The van der Waals surface area contributed by atoms with Crippen molar-refractivity contribution in [2.75, 3.05) is 18.5 Å². The van der Waals surface area contributed by atoms with E-state index in [-0.39, 0.29) is 11.8 Å². The minimum Gasteiger partial charge on any atom is -0.352 e. The van der Waals surface area contributed by atoms with Gasteiger partial charge in [-0.15, -0.1) is 0 Å². The Hall–Kier alpha value is -2.62. The molecule has 0 aliphatic rings. The fourth-order valence-corrected chi connectivity index (χ4v) is 2.53. The standard InChI is InChI=1S/C20H24N2O2/c1-3-9-19(23)22(2)18-13-8-7-12-17(18)20(24)21-15-14-16-10-5-4-6-11-16/h4-8,10-13H,3,9,14-15H2,1-2H3,(H,21,24). The van der Waals surface area contributed by atoms with Gasteiger partial charge in [-0.05, 0) is 30.5 Å². The lowest BCUT2D eigenvalue weighted by molar-refractivity contribution is -0.118. The Balaban J connectivity index is 2.02. The van der Waals surface area contributed by atoms with Gasteiger partial charge in [-0.3, -0.25) is 9.59 Å². The minimum absolute atomic E-state index is 0.0158. The van der Waals surface area contributed by atoms with Crippen molar-refractivity contribution in [3.63, 3.8) is 0 Å². The maximum Gasteiger partial charge on any atom is 0.253 e. The van der Waals surface area contributed by atoms with Crippen LogP contribution in [0.15, 0.2) is 54.6 Å². The third-order valence-corrected chi connectivity index (χ3v) is 3.89. The van der Waals surface area contributed by atoms with Gasteiger partial charge in [-0.2, -0.15) is 0 Å². The second kappa shape index (κ2) is 8.87. The summed E-state index contributed by atoms with van der Waals surface area (Å²) in [5, 5.41) is 2.94. The van der Waals surface area contributed by atoms with E-state index < -0.39 is 0 Å². The average Bonchev–Trinajstić information content (AvgIpc) is 2.62. The number of anilines is 1. The lowest BCUT2D eigenvalue weighted by atomic mass is 10.1. The number of benzene rings is 2. The molecule has 0 aliphatic heterocycles. The van der Waals surface area contributed by atoms with Gasteiger partial charge in [0, 0.05) is 20.0 Å². The first-order valence-electron chi connectivity index (χ1n) is 8.31. The molecule has 0 spiro atoms.